The van der Waals surface area contributed by atoms with Crippen LogP contribution in [0.3, 0.4) is 0 Å². The lowest BCUT2D eigenvalue weighted by atomic mass is 10.2. The lowest BCUT2D eigenvalue weighted by molar-refractivity contribution is 0.466. The molecular formula is C15H18N2O3S. The molecule has 0 radical (unpaired) electrons. The van der Waals surface area contributed by atoms with E-state index in [4.69, 9.17) is 4.74 Å². The van der Waals surface area contributed by atoms with Crippen molar-refractivity contribution in [3.8, 4) is 11.5 Å². The van der Waals surface area contributed by atoms with Crippen molar-refractivity contribution in [3.05, 3.63) is 54.1 Å². The van der Waals surface area contributed by atoms with Gasteiger partial charge in [0.2, 0.25) is 10.0 Å². The van der Waals surface area contributed by atoms with Crippen LogP contribution >= 0.6 is 0 Å². The molecular weight excluding hydrogens is 288 g/mol. The summed E-state index contributed by atoms with van der Waals surface area (Å²) in [5, 5.41) is 3.06. The van der Waals surface area contributed by atoms with Crippen LogP contribution in [0.15, 0.2) is 53.4 Å². The molecule has 2 N–H and O–H groups in total. The van der Waals surface area contributed by atoms with Crippen LogP contribution in [0.25, 0.3) is 0 Å². The molecule has 0 aromatic heterocycles. The largest absolute Gasteiger partial charge is 0.456 e. The Kier molecular flexibility index (Phi) is 4.95. The summed E-state index contributed by atoms with van der Waals surface area (Å²) in [4.78, 5) is 0.117. The van der Waals surface area contributed by atoms with E-state index in [0.717, 1.165) is 5.56 Å². The van der Waals surface area contributed by atoms with Gasteiger partial charge in [-0.05, 0) is 43.9 Å². The number of hydrogen-bond acceptors (Lipinski definition) is 4. The highest BCUT2D eigenvalue weighted by molar-refractivity contribution is 7.89. The Balaban J connectivity index is 2.34. The van der Waals surface area contributed by atoms with Crippen molar-refractivity contribution in [2.45, 2.75) is 11.4 Å². The maximum atomic E-state index is 12.0. The van der Waals surface area contributed by atoms with Gasteiger partial charge in [-0.25, -0.2) is 13.1 Å². The molecule has 0 unspecified atom stereocenters. The monoisotopic (exact) mass is 306 g/mol. The number of sulfonamides is 1. The van der Waals surface area contributed by atoms with Gasteiger partial charge in [0.15, 0.2) is 0 Å². The number of rotatable bonds is 6. The Labute approximate surface area is 125 Å². The fourth-order valence-corrected chi connectivity index (χ4v) is 2.77. The molecule has 2 rings (SSSR count). The van der Waals surface area contributed by atoms with E-state index in [1.165, 1.54) is 13.1 Å². The van der Waals surface area contributed by atoms with Crippen LogP contribution in [0.4, 0.5) is 0 Å². The first kappa shape index (κ1) is 15.5. The van der Waals surface area contributed by atoms with Gasteiger partial charge in [0.05, 0.1) is 0 Å². The minimum absolute atomic E-state index is 0.117. The summed E-state index contributed by atoms with van der Waals surface area (Å²) < 4.78 is 32.0. The average Bonchev–Trinajstić information content (AvgIpc) is 2.48. The average molecular weight is 306 g/mol. The highest BCUT2D eigenvalue weighted by Crippen LogP contribution is 2.28. The van der Waals surface area contributed by atoms with Crippen molar-refractivity contribution in [2.24, 2.45) is 0 Å². The standard InChI is InChI=1S/C15H18N2O3S/c1-16-11-12-6-5-7-13(10-12)20-14-8-3-4-9-15(14)21(18,19)17-2/h3-10,16-17H,11H2,1-2H3. The maximum absolute atomic E-state index is 12.0. The number of nitrogens with one attached hydrogen (secondary N) is 2. The van der Waals surface area contributed by atoms with Crippen molar-refractivity contribution in [1.82, 2.24) is 10.0 Å². The van der Waals surface area contributed by atoms with E-state index in [0.29, 0.717) is 18.0 Å². The molecule has 0 saturated carbocycles. The molecule has 0 fully saturated rings. The Morgan fingerprint density at radius 1 is 1.05 bits per heavy atom. The van der Waals surface area contributed by atoms with Crippen molar-refractivity contribution < 1.29 is 13.2 Å². The van der Waals surface area contributed by atoms with E-state index in [2.05, 4.69) is 10.0 Å². The van der Waals surface area contributed by atoms with Crippen molar-refractivity contribution in [2.75, 3.05) is 14.1 Å². The Bertz CT molecular complexity index is 714. The number of para-hydroxylation sites is 1. The van der Waals surface area contributed by atoms with E-state index in [-0.39, 0.29) is 4.90 Å². The summed E-state index contributed by atoms with van der Waals surface area (Å²) >= 11 is 0. The topological polar surface area (TPSA) is 67.4 Å². The molecule has 0 saturated heterocycles. The van der Waals surface area contributed by atoms with Crippen LogP contribution in [0.1, 0.15) is 5.56 Å². The molecule has 5 nitrogen and oxygen atoms in total. The van der Waals surface area contributed by atoms with Gasteiger partial charge < -0.3 is 10.1 Å². The van der Waals surface area contributed by atoms with E-state index in [9.17, 15) is 8.42 Å². The smallest absolute Gasteiger partial charge is 0.244 e. The van der Waals surface area contributed by atoms with Crippen molar-refractivity contribution in [1.29, 1.82) is 0 Å². The summed E-state index contributed by atoms with van der Waals surface area (Å²) in [5.41, 5.74) is 1.06. The molecule has 0 spiro atoms. The van der Waals surface area contributed by atoms with Gasteiger partial charge in [-0.1, -0.05) is 24.3 Å². The highest BCUT2D eigenvalue weighted by atomic mass is 32.2. The van der Waals surface area contributed by atoms with Gasteiger partial charge >= 0.3 is 0 Å². The SMILES string of the molecule is CNCc1cccc(Oc2ccccc2S(=O)(=O)NC)c1. The predicted molar refractivity (Wildman–Crippen MR) is 82.0 cm³/mol. The molecule has 0 aliphatic rings. The minimum atomic E-state index is -3.56. The molecule has 2 aromatic carbocycles. The van der Waals surface area contributed by atoms with Crippen LogP contribution in [0, 0.1) is 0 Å². The van der Waals surface area contributed by atoms with Gasteiger partial charge in [0, 0.05) is 6.54 Å². The van der Waals surface area contributed by atoms with Gasteiger partial charge in [-0.3, -0.25) is 0 Å². The third kappa shape index (κ3) is 3.81. The first-order valence-corrected chi connectivity index (χ1v) is 7.99. The van der Waals surface area contributed by atoms with Gasteiger partial charge in [0.25, 0.3) is 0 Å². The normalized spacial score (nSPS) is 11.3. The Hall–Kier alpha value is -1.89. The predicted octanol–water partition coefficient (Wildman–Crippen LogP) is 2.11. The van der Waals surface area contributed by atoms with Crippen LogP contribution in [0.5, 0.6) is 11.5 Å². The van der Waals surface area contributed by atoms with Gasteiger partial charge in [-0.15, -0.1) is 0 Å². The number of ether oxygens (including phenoxy) is 1. The number of benzene rings is 2. The van der Waals surface area contributed by atoms with Crippen molar-refractivity contribution in [3.63, 3.8) is 0 Å². The summed E-state index contributed by atoms with van der Waals surface area (Å²) in [6.07, 6.45) is 0. The van der Waals surface area contributed by atoms with Gasteiger partial charge in [0.1, 0.15) is 16.4 Å². The Morgan fingerprint density at radius 3 is 2.52 bits per heavy atom. The van der Waals surface area contributed by atoms with E-state index >= 15 is 0 Å². The zero-order chi connectivity index (χ0) is 15.3. The lowest BCUT2D eigenvalue weighted by Gasteiger charge is -2.12. The molecule has 0 amide bonds. The number of hydrogen-bond donors (Lipinski definition) is 2. The second-order valence-electron chi connectivity index (χ2n) is 4.43. The third-order valence-corrected chi connectivity index (χ3v) is 4.37. The minimum Gasteiger partial charge on any atom is -0.456 e. The van der Waals surface area contributed by atoms with Crippen LogP contribution in [0.2, 0.25) is 0 Å². The van der Waals surface area contributed by atoms with Crippen LogP contribution in [-0.2, 0) is 16.6 Å². The van der Waals surface area contributed by atoms with E-state index in [1.54, 1.807) is 24.3 Å². The summed E-state index contributed by atoms with van der Waals surface area (Å²) in [6.45, 7) is 0.716. The molecule has 21 heavy (non-hydrogen) atoms. The van der Waals surface area contributed by atoms with Crippen LogP contribution < -0.4 is 14.8 Å². The molecule has 0 aliphatic heterocycles. The Morgan fingerprint density at radius 2 is 1.81 bits per heavy atom. The first-order valence-electron chi connectivity index (χ1n) is 6.51. The maximum Gasteiger partial charge on any atom is 0.244 e. The summed E-state index contributed by atoms with van der Waals surface area (Å²) in [6, 6.07) is 14.1. The summed E-state index contributed by atoms with van der Waals surface area (Å²) in [5.74, 6) is 0.898. The quantitative estimate of drug-likeness (QED) is 0.858. The zero-order valence-corrected chi connectivity index (χ0v) is 12.8. The fourth-order valence-electron chi connectivity index (χ4n) is 1.92. The highest BCUT2D eigenvalue weighted by Gasteiger charge is 2.17. The second-order valence-corrected chi connectivity index (χ2v) is 6.29. The second kappa shape index (κ2) is 6.71. The molecule has 6 heteroatoms. The molecule has 0 bridgehead atoms. The first-order chi connectivity index (χ1) is 10.1. The molecule has 0 atom stereocenters. The van der Waals surface area contributed by atoms with Crippen molar-refractivity contribution >= 4 is 10.0 Å². The van der Waals surface area contributed by atoms with E-state index in [1.807, 2.05) is 25.2 Å². The van der Waals surface area contributed by atoms with Crippen LogP contribution in [-0.4, -0.2) is 22.5 Å². The van der Waals surface area contributed by atoms with Gasteiger partial charge in [-0.2, -0.15) is 0 Å². The molecule has 112 valence electrons. The third-order valence-electron chi connectivity index (χ3n) is 2.91. The molecule has 0 heterocycles. The van der Waals surface area contributed by atoms with E-state index < -0.39 is 10.0 Å². The summed E-state index contributed by atoms with van der Waals surface area (Å²) in [7, 11) is -0.319. The lowest BCUT2D eigenvalue weighted by Crippen LogP contribution is -2.19. The molecule has 2 aromatic rings. The zero-order valence-electron chi connectivity index (χ0n) is 12.0. The molecule has 0 aliphatic carbocycles. The fraction of sp³-hybridized carbons (Fsp3) is 0.200.